The second-order valence-electron chi connectivity index (χ2n) is 5.99. The van der Waals surface area contributed by atoms with Gasteiger partial charge in [0.1, 0.15) is 5.82 Å². The highest BCUT2D eigenvalue weighted by atomic mass is 127. The van der Waals surface area contributed by atoms with Gasteiger partial charge in [0, 0.05) is 35.7 Å². The number of guanidine groups is 1. The van der Waals surface area contributed by atoms with E-state index >= 15 is 0 Å². The Morgan fingerprint density at radius 3 is 2.76 bits per heavy atom. The summed E-state index contributed by atoms with van der Waals surface area (Å²) in [6.07, 6.45) is 0.525. The van der Waals surface area contributed by atoms with Gasteiger partial charge in [0.25, 0.3) is 0 Å². The van der Waals surface area contributed by atoms with Crippen LogP contribution in [0.3, 0.4) is 0 Å². The summed E-state index contributed by atoms with van der Waals surface area (Å²) in [5, 5.41) is 10.9. The molecule has 0 amide bonds. The minimum absolute atomic E-state index is 0. The Bertz CT molecular complexity index is 950. The van der Waals surface area contributed by atoms with Crippen molar-refractivity contribution in [3.05, 3.63) is 70.8 Å². The first kappa shape index (κ1) is 23.1. The van der Waals surface area contributed by atoms with Crippen LogP contribution < -0.4 is 10.6 Å². The Labute approximate surface area is 191 Å². The maximum absolute atomic E-state index is 13.7. The molecule has 0 saturated heterocycles. The normalized spacial score (nSPS) is 11.1. The van der Waals surface area contributed by atoms with Gasteiger partial charge in [0.2, 0.25) is 11.7 Å². The van der Waals surface area contributed by atoms with Gasteiger partial charge >= 0.3 is 0 Å². The van der Waals surface area contributed by atoms with Gasteiger partial charge in [-0.15, -0.1) is 24.0 Å². The SMILES string of the molecule is CCNC(=NCc1ccccc1F)NCCc1nc(-c2cccc(Cl)c2)no1.I. The first-order valence-corrected chi connectivity index (χ1v) is 9.37. The summed E-state index contributed by atoms with van der Waals surface area (Å²) in [4.78, 5) is 8.79. The van der Waals surface area contributed by atoms with Crippen molar-refractivity contribution < 1.29 is 8.91 Å². The molecule has 0 aliphatic heterocycles. The zero-order valence-electron chi connectivity index (χ0n) is 15.9. The van der Waals surface area contributed by atoms with Crippen LogP contribution in [-0.4, -0.2) is 29.2 Å². The van der Waals surface area contributed by atoms with Gasteiger partial charge in [-0.05, 0) is 25.1 Å². The Balaban J connectivity index is 0.00000300. The molecule has 154 valence electrons. The van der Waals surface area contributed by atoms with Crippen LogP contribution in [0.4, 0.5) is 4.39 Å². The number of benzene rings is 2. The lowest BCUT2D eigenvalue weighted by atomic mass is 10.2. The van der Waals surface area contributed by atoms with Crippen LogP contribution in [0.2, 0.25) is 5.02 Å². The quantitative estimate of drug-likeness (QED) is 0.269. The van der Waals surface area contributed by atoms with Crippen LogP contribution in [0.1, 0.15) is 18.4 Å². The summed E-state index contributed by atoms with van der Waals surface area (Å²) in [7, 11) is 0. The number of nitrogens with zero attached hydrogens (tertiary/aromatic N) is 3. The van der Waals surface area contributed by atoms with Crippen LogP contribution in [0.5, 0.6) is 0 Å². The fourth-order valence-corrected chi connectivity index (χ4v) is 2.71. The molecule has 29 heavy (non-hydrogen) atoms. The summed E-state index contributed by atoms with van der Waals surface area (Å²) >= 11 is 5.99. The van der Waals surface area contributed by atoms with Crippen LogP contribution >= 0.6 is 35.6 Å². The molecule has 0 fully saturated rings. The van der Waals surface area contributed by atoms with Gasteiger partial charge < -0.3 is 15.2 Å². The number of aliphatic imine (C=N–C) groups is 1. The smallest absolute Gasteiger partial charge is 0.228 e. The summed E-state index contributed by atoms with van der Waals surface area (Å²) < 4.78 is 19.0. The van der Waals surface area contributed by atoms with Gasteiger partial charge in [0.05, 0.1) is 6.54 Å². The van der Waals surface area contributed by atoms with Crippen molar-refractivity contribution in [3.63, 3.8) is 0 Å². The molecule has 2 aromatic carbocycles. The third kappa shape index (κ3) is 6.97. The molecule has 0 aliphatic carbocycles. The van der Waals surface area contributed by atoms with Crippen molar-refractivity contribution in [1.29, 1.82) is 0 Å². The highest BCUT2D eigenvalue weighted by molar-refractivity contribution is 14.0. The molecule has 1 aromatic heterocycles. The molecular formula is C20H22ClFIN5O. The molecule has 2 N–H and O–H groups in total. The summed E-state index contributed by atoms with van der Waals surface area (Å²) in [5.74, 6) is 1.34. The van der Waals surface area contributed by atoms with Gasteiger partial charge in [-0.25, -0.2) is 9.38 Å². The van der Waals surface area contributed by atoms with Gasteiger partial charge in [0.15, 0.2) is 5.96 Å². The van der Waals surface area contributed by atoms with Gasteiger partial charge in [-0.2, -0.15) is 4.98 Å². The zero-order valence-corrected chi connectivity index (χ0v) is 18.9. The highest BCUT2D eigenvalue weighted by Crippen LogP contribution is 2.19. The van der Waals surface area contributed by atoms with Crippen molar-refractivity contribution in [2.24, 2.45) is 4.99 Å². The summed E-state index contributed by atoms with van der Waals surface area (Å²) in [6.45, 7) is 3.46. The fraction of sp³-hybridized carbons (Fsp3) is 0.250. The minimum atomic E-state index is -0.262. The van der Waals surface area contributed by atoms with Crippen molar-refractivity contribution in [2.75, 3.05) is 13.1 Å². The van der Waals surface area contributed by atoms with Crippen LogP contribution in [-0.2, 0) is 13.0 Å². The van der Waals surface area contributed by atoms with Crippen LogP contribution in [0.15, 0.2) is 58.0 Å². The molecule has 0 atom stereocenters. The monoisotopic (exact) mass is 529 g/mol. The van der Waals surface area contributed by atoms with Crippen molar-refractivity contribution >= 4 is 41.5 Å². The lowest BCUT2D eigenvalue weighted by Crippen LogP contribution is -2.38. The molecule has 3 aromatic rings. The first-order valence-electron chi connectivity index (χ1n) is 9.00. The lowest BCUT2D eigenvalue weighted by Gasteiger charge is -2.10. The number of nitrogens with one attached hydrogen (secondary N) is 2. The molecule has 0 spiro atoms. The van der Waals surface area contributed by atoms with E-state index in [1.807, 2.05) is 19.1 Å². The van der Waals surface area contributed by atoms with E-state index in [1.165, 1.54) is 6.07 Å². The predicted molar refractivity (Wildman–Crippen MR) is 123 cm³/mol. The highest BCUT2D eigenvalue weighted by Gasteiger charge is 2.09. The number of aromatic nitrogens is 2. The van der Waals surface area contributed by atoms with Crippen molar-refractivity contribution in [3.8, 4) is 11.4 Å². The Hall–Kier alpha value is -2.20. The second kappa shape index (κ2) is 11.7. The Morgan fingerprint density at radius 1 is 1.17 bits per heavy atom. The van der Waals surface area contributed by atoms with Crippen LogP contribution in [0, 0.1) is 5.82 Å². The van der Waals surface area contributed by atoms with Gasteiger partial charge in [-0.1, -0.05) is 47.1 Å². The molecule has 3 rings (SSSR count). The number of rotatable bonds is 7. The molecule has 0 saturated carbocycles. The van der Waals surface area contributed by atoms with Crippen molar-refractivity contribution in [1.82, 2.24) is 20.8 Å². The van der Waals surface area contributed by atoms with E-state index in [2.05, 4.69) is 25.8 Å². The predicted octanol–water partition coefficient (Wildman–Crippen LogP) is 4.44. The fourth-order valence-electron chi connectivity index (χ4n) is 2.52. The number of halogens is 3. The van der Waals surface area contributed by atoms with E-state index in [-0.39, 0.29) is 36.3 Å². The average Bonchev–Trinajstić information content (AvgIpc) is 3.16. The van der Waals surface area contributed by atoms with Crippen molar-refractivity contribution in [2.45, 2.75) is 19.9 Å². The Kier molecular flexibility index (Phi) is 9.33. The van der Waals surface area contributed by atoms with E-state index in [0.717, 1.165) is 5.56 Å². The molecule has 0 aliphatic rings. The zero-order chi connectivity index (χ0) is 19.8. The molecule has 6 nitrogen and oxygen atoms in total. The van der Waals surface area contributed by atoms with Crippen LogP contribution in [0.25, 0.3) is 11.4 Å². The number of hydrogen-bond acceptors (Lipinski definition) is 4. The van der Waals surface area contributed by atoms with E-state index in [4.69, 9.17) is 16.1 Å². The second-order valence-corrected chi connectivity index (χ2v) is 6.42. The van der Waals surface area contributed by atoms with E-state index in [9.17, 15) is 4.39 Å². The molecule has 0 radical (unpaired) electrons. The first-order chi connectivity index (χ1) is 13.7. The van der Waals surface area contributed by atoms with E-state index in [1.54, 1.807) is 30.3 Å². The third-order valence-electron chi connectivity index (χ3n) is 3.89. The largest absolute Gasteiger partial charge is 0.357 e. The average molecular weight is 530 g/mol. The molecule has 1 heterocycles. The summed E-state index contributed by atoms with van der Waals surface area (Å²) in [6, 6.07) is 13.9. The minimum Gasteiger partial charge on any atom is -0.357 e. The summed E-state index contributed by atoms with van der Waals surface area (Å²) in [5.41, 5.74) is 1.35. The molecule has 9 heteroatoms. The molecular weight excluding hydrogens is 508 g/mol. The van der Waals surface area contributed by atoms with E-state index < -0.39 is 0 Å². The maximum atomic E-state index is 13.7. The molecule has 0 unspecified atom stereocenters. The number of hydrogen-bond donors (Lipinski definition) is 2. The third-order valence-corrected chi connectivity index (χ3v) is 4.13. The lowest BCUT2D eigenvalue weighted by molar-refractivity contribution is 0.378. The maximum Gasteiger partial charge on any atom is 0.228 e. The van der Waals surface area contributed by atoms with Gasteiger partial charge in [-0.3, -0.25) is 0 Å². The topological polar surface area (TPSA) is 75.3 Å². The van der Waals surface area contributed by atoms with E-state index in [0.29, 0.717) is 47.8 Å². The standard InChI is InChI=1S/C20H21ClFN5O.HI/c1-2-23-20(25-13-15-6-3-4-9-17(15)22)24-11-10-18-26-19(27-28-18)14-7-5-8-16(21)12-14;/h3-9,12H,2,10-11,13H2,1H3,(H2,23,24,25);1H. The molecule has 0 bridgehead atoms. The Morgan fingerprint density at radius 2 is 2.00 bits per heavy atom.